The summed E-state index contributed by atoms with van der Waals surface area (Å²) in [5, 5.41) is 8.71. The van der Waals surface area contributed by atoms with E-state index in [1.807, 2.05) is 12.2 Å². The molecule has 1 nitrogen and oxygen atoms in total. The van der Waals surface area contributed by atoms with Crippen molar-refractivity contribution >= 4 is 0 Å². The first-order valence-electron chi connectivity index (χ1n) is 3.21. The Morgan fingerprint density at radius 3 is 1.78 bits per heavy atom. The third kappa shape index (κ3) is 0.924. The van der Waals surface area contributed by atoms with E-state index >= 15 is 0 Å². The minimum atomic E-state index is 0.271. The van der Waals surface area contributed by atoms with Crippen molar-refractivity contribution in [2.24, 2.45) is 17.8 Å². The quantitative estimate of drug-likeness (QED) is 0.561. The maximum absolute atomic E-state index is 8.71. The number of allylic oxidation sites excluding steroid dienone is 2. The normalized spacial score (nSPS) is 39.9. The van der Waals surface area contributed by atoms with Gasteiger partial charge in [-0.1, -0.05) is 12.2 Å². The predicted molar refractivity (Wildman–Crippen MR) is 37.9 cm³/mol. The van der Waals surface area contributed by atoms with Gasteiger partial charge in [0.05, 0.1) is 0 Å². The van der Waals surface area contributed by atoms with E-state index in [1.165, 1.54) is 0 Å². The highest BCUT2D eigenvalue weighted by molar-refractivity contribution is 5.12. The SMILES string of the molecule is C=CC1C(C=C)C1CO. The Labute approximate surface area is 55.7 Å². The largest absolute Gasteiger partial charge is 0.396 e. The summed E-state index contributed by atoms with van der Waals surface area (Å²) in [6.45, 7) is 7.59. The molecule has 0 radical (unpaired) electrons. The molecule has 0 saturated heterocycles. The van der Waals surface area contributed by atoms with Gasteiger partial charge >= 0.3 is 0 Å². The molecule has 50 valence electrons. The van der Waals surface area contributed by atoms with Crippen molar-refractivity contribution in [2.45, 2.75) is 0 Å². The van der Waals surface area contributed by atoms with E-state index in [2.05, 4.69) is 13.2 Å². The van der Waals surface area contributed by atoms with Gasteiger partial charge < -0.3 is 5.11 Å². The van der Waals surface area contributed by atoms with Gasteiger partial charge in [-0.2, -0.15) is 0 Å². The smallest absolute Gasteiger partial charge is 0.0470 e. The lowest BCUT2D eigenvalue weighted by atomic mass is 10.3. The van der Waals surface area contributed by atoms with E-state index in [0.29, 0.717) is 17.8 Å². The Kier molecular flexibility index (Phi) is 1.72. The molecule has 0 aromatic carbocycles. The van der Waals surface area contributed by atoms with Crippen LogP contribution in [0.2, 0.25) is 0 Å². The summed E-state index contributed by atoms with van der Waals surface area (Å²) in [5.41, 5.74) is 0. The van der Waals surface area contributed by atoms with E-state index in [9.17, 15) is 0 Å². The highest BCUT2D eigenvalue weighted by Crippen LogP contribution is 2.47. The van der Waals surface area contributed by atoms with E-state index < -0.39 is 0 Å². The summed E-state index contributed by atoms with van der Waals surface area (Å²) in [5.74, 6) is 1.40. The first-order valence-corrected chi connectivity index (χ1v) is 3.21. The first kappa shape index (κ1) is 6.56. The van der Waals surface area contributed by atoms with Crippen molar-refractivity contribution in [1.82, 2.24) is 0 Å². The summed E-state index contributed by atoms with van der Waals surface area (Å²) in [6.07, 6.45) is 3.79. The third-order valence-electron chi connectivity index (χ3n) is 2.05. The molecule has 1 heteroatoms. The molecule has 2 atom stereocenters. The average molecular weight is 124 g/mol. The van der Waals surface area contributed by atoms with Crippen LogP contribution in [0.3, 0.4) is 0 Å². The second kappa shape index (κ2) is 2.36. The lowest BCUT2D eigenvalue weighted by Gasteiger charge is -1.82. The molecule has 0 spiro atoms. The zero-order chi connectivity index (χ0) is 6.85. The molecule has 1 N–H and O–H groups in total. The lowest BCUT2D eigenvalue weighted by Crippen LogP contribution is -1.86. The fourth-order valence-corrected chi connectivity index (χ4v) is 1.34. The van der Waals surface area contributed by atoms with Gasteiger partial charge in [0.25, 0.3) is 0 Å². The van der Waals surface area contributed by atoms with Crippen LogP contribution in [0.5, 0.6) is 0 Å². The van der Waals surface area contributed by atoms with Crippen LogP contribution in [0.1, 0.15) is 0 Å². The Hall–Kier alpha value is -0.560. The maximum atomic E-state index is 8.71. The highest BCUT2D eigenvalue weighted by Gasteiger charge is 2.44. The lowest BCUT2D eigenvalue weighted by molar-refractivity contribution is 0.269. The number of hydrogen-bond donors (Lipinski definition) is 1. The van der Waals surface area contributed by atoms with E-state index in [4.69, 9.17) is 5.11 Å². The molecule has 1 saturated carbocycles. The van der Waals surface area contributed by atoms with Crippen LogP contribution >= 0.6 is 0 Å². The molecule has 0 heterocycles. The van der Waals surface area contributed by atoms with Gasteiger partial charge in [0.15, 0.2) is 0 Å². The zero-order valence-electron chi connectivity index (χ0n) is 5.46. The van der Waals surface area contributed by atoms with Gasteiger partial charge in [0.2, 0.25) is 0 Å². The molecule has 0 aromatic heterocycles. The highest BCUT2D eigenvalue weighted by atomic mass is 16.3. The average Bonchev–Trinajstić information content (AvgIpc) is 2.59. The van der Waals surface area contributed by atoms with Crippen LogP contribution in [0.4, 0.5) is 0 Å². The molecule has 1 rings (SSSR count). The molecule has 0 bridgehead atoms. The van der Waals surface area contributed by atoms with Gasteiger partial charge in [-0.3, -0.25) is 0 Å². The fourth-order valence-electron chi connectivity index (χ4n) is 1.34. The molecule has 2 unspecified atom stereocenters. The van der Waals surface area contributed by atoms with E-state index in [-0.39, 0.29) is 6.61 Å². The Balaban J connectivity index is 2.43. The molecule has 9 heavy (non-hydrogen) atoms. The summed E-state index contributed by atoms with van der Waals surface area (Å²) in [4.78, 5) is 0. The molecule has 1 aliphatic carbocycles. The van der Waals surface area contributed by atoms with E-state index in [1.54, 1.807) is 0 Å². The molecule has 0 aromatic rings. The van der Waals surface area contributed by atoms with Crippen molar-refractivity contribution in [3.05, 3.63) is 25.3 Å². The summed E-state index contributed by atoms with van der Waals surface area (Å²) in [7, 11) is 0. The predicted octanol–water partition coefficient (Wildman–Crippen LogP) is 1.21. The summed E-state index contributed by atoms with van der Waals surface area (Å²) < 4.78 is 0. The van der Waals surface area contributed by atoms with Gasteiger partial charge in [0.1, 0.15) is 0 Å². The molecule has 1 aliphatic rings. The van der Waals surface area contributed by atoms with E-state index in [0.717, 1.165) is 0 Å². The molecule has 1 fully saturated rings. The van der Waals surface area contributed by atoms with Gasteiger partial charge in [-0.15, -0.1) is 13.2 Å². The van der Waals surface area contributed by atoms with Crippen LogP contribution in [0, 0.1) is 17.8 Å². The van der Waals surface area contributed by atoms with Crippen LogP contribution in [-0.2, 0) is 0 Å². The van der Waals surface area contributed by atoms with Crippen molar-refractivity contribution < 1.29 is 5.11 Å². The zero-order valence-corrected chi connectivity index (χ0v) is 5.46. The Morgan fingerprint density at radius 2 is 1.67 bits per heavy atom. The summed E-state index contributed by atoms with van der Waals surface area (Å²) in [6, 6.07) is 0. The molecule has 0 amide bonds. The van der Waals surface area contributed by atoms with Crippen LogP contribution in [0.15, 0.2) is 25.3 Å². The Bertz CT molecular complexity index is 115. The van der Waals surface area contributed by atoms with Gasteiger partial charge in [0, 0.05) is 6.61 Å². The first-order chi connectivity index (χ1) is 4.35. The second-order valence-corrected chi connectivity index (χ2v) is 2.47. The molecular weight excluding hydrogens is 112 g/mol. The fraction of sp³-hybridized carbons (Fsp3) is 0.500. The number of rotatable bonds is 3. The standard InChI is InChI=1S/C8H12O/c1-3-6-7(4-2)8(6)5-9/h3-4,6-9H,1-2,5H2. The number of aliphatic hydroxyl groups is 1. The number of hydrogen-bond acceptors (Lipinski definition) is 1. The summed E-state index contributed by atoms with van der Waals surface area (Å²) >= 11 is 0. The van der Waals surface area contributed by atoms with Crippen LogP contribution in [-0.4, -0.2) is 11.7 Å². The van der Waals surface area contributed by atoms with Crippen molar-refractivity contribution in [2.75, 3.05) is 6.61 Å². The Morgan fingerprint density at radius 1 is 1.22 bits per heavy atom. The molecule has 0 aliphatic heterocycles. The number of aliphatic hydroxyl groups excluding tert-OH is 1. The molecular formula is C8H12O. The van der Waals surface area contributed by atoms with Gasteiger partial charge in [-0.05, 0) is 17.8 Å². The maximum Gasteiger partial charge on any atom is 0.0470 e. The third-order valence-corrected chi connectivity index (χ3v) is 2.05. The monoisotopic (exact) mass is 124 g/mol. The van der Waals surface area contributed by atoms with Crippen molar-refractivity contribution in [3.63, 3.8) is 0 Å². The topological polar surface area (TPSA) is 20.2 Å². The van der Waals surface area contributed by atoms with Crippen molar-refractivity contribution in [1.29, 1.82) is 0 Å². The van der Waals surface area contributed by atoms with Crippen LogP contribution < -0.4 is 0 Å². The van der Waals surface area contributed by atoms with Crippen LogP contribution in [0.25, 0.3) is 0 Å². The van der Waals surface area contributed by atoms with Gasteiger partial charge in [-0.25, -0.2) is 0 Å². The minimum absolute atomic E-state index is 0.271. The minimum Gasteiger partial charge on any atom is -0.396 e. The second-order valence-electron chi connectivity index (χ2n) is 2.47. The van der Waals surface area contributed by atoms with Crippen molar-refractivity contribution in [3.8, 4) is 0 Å².